The molecule has 0 aliphatic rings. The SMILES string of the molecule is CC(C)(CO)C(O)(c1ccccc1)c1ccccc1.O=C(O)c1ccccc1.O=C(O)c1ccccc1. The standard InChI is InChI=1S/C17H20O2.2C7H6O2/c1-16(2,13-18)17(19,14-9-5-3-6-10-14)15-11-7-4-8-12-15;2*8-7(9)6-4-2-1-3-5-6/h3-12,18-19H,13H2,1-2H3;2*1-5H,(H,8,9). The molecule has 4 N–H and O–H groups in total. The fraction of sp³-hybridized carbons (Fsp3) is 0.161. The van der Waals surface area contributed by atoms with Gasteiger partial charge in [-0.15, -0.1) is 0 Å². The highest BCUT2D eigenvalue weighted by molar-refractivity contribution is 5.87. The van der Waals surface area contributed by atoms with Crippen molar-refractivity contribution >= 4 is 11.9 Å². The van der Waals surface area contributed by atoms with Gasteiger partial charge in [0.25, 0.3) is 0 Å². The zero-order chi connectivity index (χ0) is 27.3. The Balaban J connectivity index is 0.000000222. The average molecular weight is 501 g/mol. The molecule has 4 aromatic carbocycles. The summed E-state index contributed by atoms with van der Waals surface area (Å²) >= 11 is 0. The third kappa shape index (κ3) is 7.87. The summed E-state index contributed by atoms with van der Waals surface area (Å²) in [6.45, 7) is 3.63. The second-order valence-electron chi connectivity index (χ2n) is 8.83. The number of benzene rings is 4. The summed E-state index contributed by atoms with van der Waals surface area (Å²) in [7, 11) is 0. The summed E-state index contributed by atoms with van der Waals surface area (Å²) in [5.74, 6) is -1.76. The van der Waals surface area contributed by atoms with E-state index in [1.807, 2.05) is 74.5 Å². The van der Waals surface area contributed by atoms with Gasteiger partial charge in [0.05, 0.1) is 17.7 Å². The molecule has 192 valence electrons. The van der Waals surface area contributed by atoms with Crippen LogP contribution in [0.1, 0.15) is 45.7 Å². The Labute approximate surface area is 217 Å². The van der Waals surface area contributed by atoms with Crippen molar-refractivity contribution in [2.24, 2.45) is 5.41 Å². The maximum absolute atomic E-state index is 11.3. The Kier molecular flexibility index (Phi) is 10.8. The Morgan fingerprint density at radius 1 is 0.568 bits per heavy atom. The van der Waals surface area contributed by atoms with Crippen molar-refractivity contribution in [2.75, 3.05) is 6.61 Å². The molecule has 0 atom stereocenters. The summed E-state index contributed by atoms with van der Waals surface area (Å²) in [5, 5.41) is 37.8. The minimum atomic E-state index is -1.22. The second kappa shape index (κ2) is 13.7. The first kappa shape index (κ1) is 29.0. The summed E-state index contributed by atoms with van der Waals surface area (Å²) in [5.41, 5.74) is 0.343. The number of hydrogen-bond acceptors (Lipinski definition) is 4. The highest BCUT2D eigenvalue weighted by Gasteiger charge is 2.45. The summed E-state index contributed by atoms with van der Waals surface area (Å²) < 4.78 is 0. The normalized spacial score (nSPS) is 10.7. The Morgan fingerprint density at radius 2 is 0.838 bits per heavy atom. The molecule has 0 saturated carbocycles. The number of carbonyl (C=O) groups is 2. The molecular formula is C31H32O6. The zero-order valence-corrected chi connectivity index (χ0v) is 20.9. The van der Waals surface area contributed by atoms with Crippen molar-refractivity contribution < 1.29 is 30.0 Å². The number of carboxylic acids is 2. The smallest absolute Gasteiger partial charge is 0.335 e. The first-order valence-corrected chi connectivity index (χ1v) is 11.6. The number of aliphatic hydroxyl groups is 2. The molecule has 0 saturated heterocycles. The summed E-state index contributed by atoms with van der Waals surface area (Å²) in [4.78, 5) is 20.4. The molecule has 4 aromatic rings. The number of hydrogen-bond donors (Lipinski definition) is 4. The predicted octanol–water partition coefficient (Wildman–Crippen LogP) is 5.71. The van der Waals surface area contributed by atoms with E-state index in [-0.39, 0.29) is 6.61 Å². The molecule has 0 amide bonds. The highest BCUT2D eigenvalue weighted by atomic mass is 16.4. The van der Waals surface area contributed by atoms with E-state index in [1.54, 1.807) is 60.7 Å². The van der Waals surface area contributed by atoms with Crippen LogP contribution in [0.15, 0.2) is 121 Å². The van der Waals surface area contributed by atoms with E-state index >= 15 is 0 Å². The summed E-state index contributed by atoms with van der Waals surface area (Å²) in [6, 6.07) is 35.6. The van der Waals surface area contributed by atoms with E-state index in [2.05, 4.69) is 0 Å². The third-order valence-corrected chi connectivity index (χ3v) is 5.80. The van der Waals surface area contributed by atoms with Gasteiger partial charge in [-0.05, 0) is 35.4 Å². The lowest BCUT2D eigenvalue weighted by Gasteiger charge is -2.42. The fourth-order valence-corrected chi connectivity index (χ4v) is 3.58. The van der Waals surface area contributed by atoms with Crippen molar-refractivity contribution in [2.45, 2.75) is 19.4 Å². The molecule has 0 aliphatic heterocycles. The molecule has 6 heteroatoms. The number of aliphatic hydroxyl groups excluding tert-OH is 1. The molecule has 0 fully saturated rings. The van der Waals surface area contributed by atoms with E-state index in [9.17, 15) is 19.8 Å². The minimum absolute atomic E-state index is 0.104. The molecule has 37 heavy (non-hydrogen) atoms. The van der Waals surface area contributed by atoms with Gasteiger partial charge in [0.15, 0.2) is 0 Å². The van der Waals surface area contributed by atoms with E-state index in [0.717, 1.165) is 11.1 Å². The molecule has 4 rings (SSSR count). The van der Waals surface area contributed by atoms with Crippen LogP contribution in [-0.4, -0.2) is 39.0 Å². The van der Waals surface area contributed by atoms with Gasteiger partial charge in [0.2, 0.25) is 0 Å². The summed E-state index contributed by atoms with van der Waals surface area (Å²) in [6.07, 6.45) is 0. The third-order valence-electron chi connectivity index (χ3n) is 5.80. The highest BCUT2D eigenvalue weighted by Crippen LogP contribution is 2.44. The lowest BCUT2D eigenvalue weighted by atomic mass is 9.67. The van der Waals surface area contributed by atoms with Crippen LogP contribution in [-0.2, 0) is 5.60 Å². The topological polar surface area (TPSA) is 115 Å². The van der Waals surface area contributed by atoms with Crippen molar-refractivity contribution in [3.05, 3.63) is 144 Å². The Hall–Kier alpha value is -4.26. The fourth-order valence-electron chi connectivity index (χ4n) is 3.58. The number of aromatic carboxylic acids is 2. The van der Waals surface area contributed by atoms with E-state index in [1.165, 1.54) is 0 Å². The van der Waals surface area contributed by atoms with Gasteiger partial charge in [-0.3, -0.25) is 0 Å². The predicted molar refractivity (Wildman–Crippen MR) is 144 cm³/mol. The van der Waals surface area contributed by atoms with Crippen LogP contribution in [0, 0.1) is 5.41 Å². The van der Waals surface area contributed by atoms with Gasteiger partial charge < -0.3 is 20.4 Å². The van der Waals surface area contributed by atoms with Gasteiger partial charge >= 0.3 is 11.9 Å². The van der Waals surface area contributed by atoms with Crippen LogP contribution in [0.25, 0.3) is 0 Å². The number of carboxylic acid groups (broad SMARTS) is 2. The molecule has 0 aliphatic carbocycles. The van der Waals surface area contributed by atoms with Crippen LogP contribution < -0.4 is 0 Å². The van der Waals surface area contributed by atoms with Gasteiger partial charge in [-0.2, -0.15) is 0 Å². The molecule has 0 unspecified atom stereocenters. The quantitative estimate of drug-likeness (QED) is 0.270. The van der Waals surface area contributed by atoms with Gasteiger partial charge in [0.1, 0.15) is 5.60 Å². The molecule has 0 aromatic heterocycles. The number of rotatable bonds is 6. The molecular weight excluding hydrogens is 468 g/mol. The molecule has 6 nitrogen and oxygen atoms in total. The maximum Gasteiger partial charge on any atom is 0.335 e. The molecule has 0 bridgehead atoms. The van der Waals surface area contributed by atoms with Crippen LogP contribution in [0.4, 0.5) is 0 Å². The van der Waals surface area contributed by atoms with Crippen molar-refractivity contribution in [1.82, 2.24) is 0 Å². The largest absolute Gasteiger partial charge is 0.478 e. The van der Waals surface area contributed by atoms with Gasteiger partial charge in [0, 0.05) is 5.41 Å². The molecule has 0 radical (unpaired) electrons. The van der Waals surface area contributed by atoms with Gasteiger partial charge in [-0.25, -0.2) is 9.59 Å². The van der Waals surface area contributed by atoms with E-state index in [4.69, 9.17) is 10.2 Å². The van der Waals surface area contributed by atoms with Gasteiger partial charge in [-0.1, -0.05) is 111 Å². The lowest BCUT2D eigenvalue weighted by Crippen LogP contribution is -2.45. The van der Waals surface area contributed by atoms with Crippen molar-refractivity contribution in [3.8, 4) is 0 Å². The van der Waals surface area contributed by atoms with Crippen LogP contribution >= 0.6 is 0 Å². The van der Waals surface area contributed by atoms with Crippen LogP contribution in [0.3, 0.4) is 0 Å². The Bertz CT molecular complexity index is 1130. The maximum atomic E-state index is 11.3. The minimum Gasteiger partial charge on any atom is -0.478 e. The zero-order valence-electron chi connectivity index (χ0n) is 20.9. The second-order valence-corrected chi connectivity index (χ2v) is 8.83. The van der Waals surface area contributed by atoms with Crippen LogP contribution in [0.5, 0.6) is 0 Å². The monoisotopic (exact) mass is 500 g/mol. The van der Waals surface area contributed by atoms with E-state index < -0.39 is 23.0 Å². The first-order valence-electron chi connectivity index (χ1n) is 11.6. The molecule has 0 spiro atoms. The molecule has 0 heterocycles. The first-order chi connectivity index (χ1) is 17.6. The Morgan fingerprint density at radius 3 is 1.05 bits per heavy atom. The van der Waals surface area contributed by atoms with Crippen molar-refractivity contribution in [1.29, 1.82) is 0 Å². The van der Waals surface area contributed by atoms with Crippen LogP contribution in [0.2, 0.25) is 0 Å². The van der Waals surface area contributed by atoms with Crippen molar-refractivity contribution in [3.63, 3.8) is 0 Å². The van der Waals surface area contributed by atoms with E-state index in [0.29, 0.717) is 11.1 Å². The lowest BCUT2D eigenvalue weighted by molar-refractivity contribution is -0.0648. The average Bonchev–Trinajstić information content (AvgIpc) is 2.95.